The van der Waals surface area contributed by atoms with E-state index >= 15 is 0 Å². The van der Waals surface area contributed by atoms with Gasteiger partial charge in [-0.05, 0) is 18.2 Å². The van der Waals surface area contributed by atoms with Crippen molar-refractivity contribution in [2.45, 2.75) is 5.92 Å². The molecule has 2 rings (SSSR count). The van der Waals surface area contributed by atoms with Crippen LogP contribution >= 0.6 is 0 Å². The van der Waals surface area contributed by atoms with Gasteiger partial charge in [-0.2, -0.15) is 8.78 Å². The Bertz CT molecular complexity index is 642. The van der Waals surface area contributed by atoms with E-state index in [0.717, 1.165) is 18.2 Å². The zero-order valence-electron chi connectivity index (χ0n) is 10.7. The Kier molecular flexibility index (Phi) is 4.16. The molecule has 6 heteroatoms. The van der Waals surface area contributed by atoms with E-state index in [9.17, 15) is 18.0 Å². The van der Waals surface area contributed by atoms with Crippen LogP contribution in [0.5, 0.6) is 5.75 Å². The lowest BCUT2D eigenvalue weighted by Gasteiger charge is -2.17. The maximum atomic E-state index is 13.8. The van der Waals surface area contributed by atoms with Gasteiger partial charge in [0.1, 0.15) is 0 Å². The topological polar surface area (TPSA) is 46.5 Å². The Morgan fingerprint density at radius 3 is 2.38 bits per heavy atom. The lowest BCUT2D eigenvalue weighted by molar-refractivity contribution is -0.0475. The van der Waals surface area contributed by atoms with Crippen LogP contribution in [0.3, 0.4) is 0 Å². The highest BCUT2D eigenvalue weighted by atomic mass is 19.3. The summed E-state index contributed by atoms with van der Waals surface area (Å²) in [6.45, 7) is -1.04. The van der Waals surface area contributed by atoms with Gasteiger partial charge < -0.3 is 9.84 Å². The zero-order chi connectivity index (χ0) is 15.5. The Hall–Kier alpha value is -2.50. The number of carboxylic acids is 1. The molecule has 0 aliphatic carbocycles. The minimum Gasteiger partial charge on any atom is -0.484 e. The van der Waals surface area contributed by atoms with E-state index < -0.39 is 30.1 Å². The third-order valence-electron chi connectivity index (χ3n) is 2.78. The molecule has 21 heavy (non-hydrogen) atoms. The summed E-state index contributed by atoms with van der Waals surface area (Å²) in [5.74, 6) is -6.01. The standard InChI is InChI=1S/C15H11F3O3/c16-12-8-10(14(19)20)6-7-13(12)21-9-15(17,18)11-4-2-1-3-5-11/h1-8H,9H2,(H,19,20). The van der Waals surface area contributed by atoms with Crippen LogP contribution in [-0.4, -0.2) is 17.7 Å². The first kappa shape index (κ1) is 14.9. The molecule has 0 aliphatic rings. The first-order chi connectivity index (χ1) is 9.90. The van der Waals surface area contributed by atoms with E-state index in [1.807, 2.05) is 0 Å². The Labute approximate surface area is 118 Å². The van der Waals surface area contributed by atoms with Gasteiger partial charge in [0.15, 0.2) is 18.2 Å². The number of carboxylic acid groups (broad SMARTS) is 1. The Morgan fingerprint density at radius 2 is 1.81 bits per heavy atom. The van der Waals surface area contributed by atoms with Crippen molar-refractivity contribution in [1.29, 1.82) is 0 Å². The van der Waals surface area contributed by atoms with Crippen molar-refractivity contribution in [2.24, 2.45) is 0 Å². The smallest absolute Gasteiger partial charge is 0.335 e. The summed E-state index contributed by atoms with van der Waals surface area (Å²) >= 11 is 0. The van der Waals surface area contributed by atoms with Gasteiger partial charge in [0, 0.05) is 5.56 Å². The number of alkyl halides is 2. The van der Waals surface area contributed by atoms with Crippen LogP contribution in [0.4, 0.5) is 13.2 Å². The lowest BCUT2D eigenvalue weighted by Crippen LogP contribution is -2.23. The summed E-state index contributed by atoms with van der Waals surface area (Å²) in [5, 5.41) is 8.68. The molecule has 3 nitrogen and oxygen atoms in total. The van der Waals surface area contributed by atoms with Crippen LogP contribution in [0.25, 0.3) is 0 Å². The number of hydrogen-bond donors (Lipinski definition) is 1. The van der Waals surface area contributed by atoms with Crippen molar-refractivity contribution in [3.8, 4) is 5.75 Å². The number of halogens is 3. The monoisotopic (exact) mass is 296 g/mol. The molecule has 1 N–H and O–H groups in total. The van der Waals surface area contributed by atoms with E-state index in [1.165, 1.54) is 24.3 Å². The summed E-state index contributed by atoms with van der Waals surface area (Å²) in [4.78, 5) is 10.6. The number of benzene rings is 2. The van der Waals surface area contributed by atoms with Crippen LogP contribution in [-0.2, 0) is 5.92 Å². The molecular formula is C15H11F3O3. The van der Waals surface area contributed by atoms with Gasteiger partial charge >= 0.3 is 11.9 Å². The molecule has 0 radical (unpaired) electrons. The molecule has 0 heterocycles. The summed E-state index contributed by atoms with van der Waals surface area (Å²) in [6, 6.07) is 9.84. The number of aromatic carboxylic acids is 1. The SMILES string of the molecule is O=C(O)c1ccc(OCC(F)(F)c2ccccc2)c(F)c1. The predicted molar refractivity (Wildman–Crippen MR) is 69.2 cm³/mol. The van der Waals surface area contributed by atoms with E-state index in [4.69, 9.17) is 9.84 Å². The third kappa shape index (κ3) is 3.53. The first-order valence-corrected chi connectivity index (χ1v) is 5.99. The summed E-state index contributed by atoms with van der Waals surface area (Å²) in [6.07, 6.45) is 0. The summed E-state index contributed by atoms with van der Waals surface area (Å²) in [5.41, 5.74) is -0.526. The predicted octanol–water partition coefficient (Wildman–Crippen LogP) is 3.69. The molecule has 2 aromatic carbocycles. The molecule has 0 fully saturated rings. The minimum absolute atomic E-state index is 0.243. The highest BCUT2D eigenvalue weighted by molar-refractivity contribution is 5.87. The number of rotatable bonds is 5. The largest absolute Gasteiger partial charge is 0.484 e. The second-order valence-corrected chi connectivity index (χ2v) is 4.31. The molecule has 2 aromatic rings. The molecular weight excluding hydrogens is 285 g/mol. The second kappa shape index (κ2) is 5.87. The van der Waals surface area contributed by atoms with Crippen LogP contribution in [0.15, 0.2) is 48.5 Å². The van der Waals surface area contributed by atoms with Gasteiger partial charge in [-0.25, -0.2) is 9.18 Å². The molecule has 0 aromatic heterocycles. The zero-order valence-corrected chi connectivity index (χ0v) is 10.7. The van der Waals surface area contributed by atoms with E-state index in [0.29, 0.717) is 0 Å². The fraction of sp³-hybridized carbons (Fsp3) is 0.133. The third-order valence-corrected chi connectivity index (χ3v) is 2.78. The second-order valence-electron chi connectivity index (χ2n) is 4.31. The van der Waals surface area contributed by atoms with Crippen molar-refractivity contribution >= 4 is 5.97 Å². The van der Waals surface area contributed by atoms with Gasteiger partial charge in [-0.3, -0.25) is 0 Å². The summed E-state index contributed by atoms with van der Waals surface area (Å²) < 4.78 is 46.0. The molecule has 0 saturated carbocycles. The molecule has 0 spiro atoms. The molecule has 0 unspecified atom stereocenters. The van der Waals surface area contributed by atoms with Crippen LogP contribution in [0.2, 0.25) is 0 Å². The van der Waals surface area contributed by atoms with Crippen LogP contribution in [0.1, 0.15) is 15.9 Å². The van der Waals surface area contributed by atoms with Crippen molar-refractivity contribution in [3.05, 3.63) is 65.5 Å². The van der Waals surface area contributed by atoms with Gasteiger partial charge in [0.2, 0.25) is 0 Å². The van der Waals surface area contributed by atoms with Crippen molar-refractivity contribution < 1.29 is 27.8 Å². The van der Waals surface area contributed by atoms with Gasteiger partial charge in [-0.15, -0.1) is 0 Å². The average Bonchev–Trinajstić information content (AvgIpc) is 2.46. The van der Waals surface area contributed by atoms with Crippen molar-refractivity contribution in [2.75, 3.05) is 6.61 Å². The fourth-order valence-corrected chi connectivity index (χ4v) is 1.68. The summed E-state index contributed by atoms with van der Waals surface area (Å²) in [7, 11) is 0. The van der Waals surface area contributed by atoms with Gasteiger partial charge in [0.05, 0.1) is 5.56 Å². The molecule has 0 aliphatic heterocycles. The van der Waals surface area contributed by atoms with E-state index in [-0.39, 0.29) is 11.1 Å². The Morgan fingerprint density at radius 1 is 1.14 bits per heavy atom. The average molecular weight is 296 g/mol. The minimum atomic E-state index is -3.28. The fourth-order valence-electron chi connectivity index (χ4n) is 1.68. The first-order valence-electron chi connectivity index (χ1n) is 5.99. The molecule has 0 saturated heterocycles. The highest BCUT2D eigenvalue weighted by Gasteiger charge is 2.32. The van der Waals surface area contributed by atoms with E-state index in [1.54, 1.807) is 6.07 Å². The van der Waals surface area contributed by atoms with Crippen molar-refractivity contribution in [1.82, 2.24) is 0 Å². The quantitative estimate of drug-likeness (QED) is 0.915. The molecule has 0 atom stereocenters. The molecule has 110 valence electrons. The van der Waals surface area contributed by atoms with Crippen molar-refractivity contribution in [3.63, 3.8) is 0 Å². The van der Waals surface area contributed by atoms with Crippen LogP contribution < -0.4 is 4.74 Å². The van der Waals surface area contributed by atoms with Gasteiger partial charge in [-0.1, -0.05) is 30.3 Å². The van der Waals surface area contributed by atoms with Crippen LogP contribution in [0, 0.1) is 5.82 Å². The number of carbonyl (C=O) groups is 1. The number of ether oxygens (including phenoxy) is 1. The lowest BCUT2D eigenvalue weighted by atomic mass is 10.1. The maximum absolute atomic E-state index is 13.8. The van der Waals surface area contributed by atoms with Gasteiger partial charge in [0.25, 0.3) is 0 Å². The van der Waals surface area contributed by atoms with E-state index in [2.05, 4.69) is 0 Å². The molecule has 0 bridgehead atoms. The molecule has 0 amide bonds. The normalized spacial score (nSPS) is 11.2. The number of hydrogen-bond acceptors (Lipinski definition) is 2. The maximum Gasteiger partial charge on any atom is 0.335 e. The highest BCUT2D eigenvalue weighted by Crippen LogP contribution is 2.29. The Balaban J connectivity index is 2.11.